The second kappa shape index (κ2) is 6.05. The average Bonchev–Trinajstić information content (AvgIpc) is 2.13. The Morgan fingerprint density at radius 1 is 0.842 bits per heavy atom. The number of unbranched alkanes of at least 4 members (excludes halogenated alkanes) is 1. The first-order valence-corrected chi connectivity index (χ1v) is 6.02. The minimum atomic E-state index is -5.83. The fourth-order valence-electron chi connectivity index (χ4n) is 1.34. The van der Waals surface area contributed by atoms with E-state index < -0.39 is 43.5 Å². The highest BCUT2D eigenvalue weighted by atomic mass is 32.1. The summed E-state index contributed by atoms with van der Waals surface area (Å²) < 4.78 is 102. The van der Waals surface area contributed by atoms with Crippen LogP contribution in [0.15, 0.2) is 0 Å². The highest BCUT2D eigenvalue weighted by Crippen LogP contribution is 2.50. The molecule has 0 aliphatic rings. The van der Waals surface area contributed by atoms with E-state index in [4.69, 9.17) is 0 Å². The Kier molecular flexibility index (Phi) is 5.98. The van der Waals surface area contributed by atoms with Crippen LogP contribution in [0.5, 0.6) is 0 Å². The summed E-state index contributed by atoms with van der Waals surface area (Å²) in [6.07, 6.45) is -3.71. The molecule has 0 aromatic carbocycles. The molecule has 0 aliphatic heterocycles. The summed E-state index contributed by atoms with van der Waals surface area (Å²) in [5.41, 5.74) is 0. The monoisotopic (exact) mass is 318 g/mol. The zero-order valence-corrected chi connectivity index (χ0v) is 10.9. The second-order valence-electron chi connectivity index (χ2n) is 4.38. The first-order valence-electron chi connectivity index (χ1n) is 5.39. The Morgan fingerprint density at radius 3 is 1.68 bits per heavy atom. The molecule has 116 valence electrons. The number of rotatable bonds is 8. The van der Waals surface area contributed by atoms with Crippen molar-refractivity contribution in [2.24, 2.45) is 0 Å². The Bertz CT molecular complexity index is 284. The van der Waals surface area contributed by atoms with E-state index in [9.17, 15) is 35.1 Å². The van der Waals surface area contributed by atoms with Gasteiger partial charge in [0, 0.05) is 13.3 Å². The lowest BCUT2D eigenvalue weighted by atomic mass is 9.97. The maximum Gasteiger partial charge on any atom is 0.371 e. The van der Waals surface area contributed by atoms with Gasteiger partial charge in [0.2, 0.25) is 0 Å². The van der Waals surface area contributed by atoms with Gasteiger partial charge in [0.05, 0.1) is 6.42 Å². The molecule has 0 bridgehead atoms. The molecular weight excluding hydrogens is 304 g/mol. The number of halogens is 8. The molecule has 0 saturated heterocycles. The largest absolute Gasteiger partial charge is 0.371 e. The molecule has 0 unspecified atom stereocenters. The maximum atomic E-state index is 13.1. The van der Waals surface area contributed by atoms with E-state index in [0.717, 1.165) is 0 Å². The molecule has 0 heterocycles. The smallest absolute Gasteiger partial charge is 0.207 e. The van der Waals surface area contributed by atoms with Gasteiger partial charge in [-0.05, 0) is 18.6 Å². The third-order valence-electron chi connectivity index (χ3n) is 2.44. The molecular formula is C10H14F8S. The molecule has 0 radical (unpaired) electrons. The maximum absolute atomic E-state index is 13.1. The molecule has 0 amide bonds. The number of hydrogen-bond donors (Lipinski definition) is 1. The van der Waals surface area contributed by atoms with Crippen LogP contribution in [0.4, 0.5) is 35.1 Å². The Hall–Kier alpha value is -0.210. The molecule has 0 nitrogen and oxygen atoms in total. The van der Waals surface area contributed by atoms with Gasteiger partial charge in [0.25, 0.3) is 5.92 Å². The third-order valence-corrected chi connectivity index (χ3v) is 2.76. The van der Waals surface area contributed by atoms with Crippen LogP contribution in [0.3, 0.4) is 0 Å². The standard InChI is InChI=1S/C10H14F8S/c1-7(11,12)10(17,18)9(15,16)6-8(13,14)4-2-3-5-19/h19H,2-6H2,1H3. The van der Waals surface area contributed by atoms with Gasteiger partial charge in [-0.15, -0.1) is 0 Å². The van der Waals surface area contributed by atoms with Crippen molar-refractivity contribution in [3.63, 3.8) is 0 Å². The SMILES string of the molecule is CC(F)(F)C(F)(F)C(F)(F)CC(F)(F)CCCCS. The topological polar surface area (TPSA) is 0 Å². The third kappa shape index (κ3) is 5.00. The molecule has 19 heavy (non-hydrogen) atoms. The molecule has 9 heteroatoms. The zero-order valence-electron chi connectivity index (χ0n) is 10.0. The Morgan fingerprint density at radius 2 is 1.32 bits per heavy atom. The predicted octanol–water partition coefficient (Wildman–Crippen LogP) is 5.04. The summed E-state index contributed by atoms with van der Waals surface area (Å²) >= 11 is 3.71. The van der Waals surface area contributed by atoms with Crippen LogP contribution in [0.1, 0.15) is 32.6 Å². The summed E-state index contributed by atoms with van der Waals surface area (Å²) in [4.78, 5) is 0. The first-order chi connectivity index (χ1) is 8.27. The van der Waals surface area contributed by atoms with Gasteiger partial charge in [0.1, 0.15) is 0 Å². The fourth-order valence-corrected chi connectivity index (χ4v) is 1.56. The van der Waals surface area contributed by atoms with Crippen molar-refractivity contribution in [1.29, 1.82) is 0 Å². The van der Waals surface area contributed by atoms with Crippen molar-refractivity contribution in [3.8, 4) is 0 Å². The van der Waals surface area contributed by atoms with Gasteiger partial charge in [0.15, 0.2) is 0 Å². The summed E-state index contributed by atoms with van der Waals surface area (Å²) in [7, 11) is 0. The summed E-state index contributed by atoms with van der Waals surface area (Å²) in [6, 6.07) is 0. The molecule has 0 aromatic rings. The van der Waals surface area contributed by atoms with Gasteiger partial charge < -0.3 is 0 Å². The summed E-state index contributed by atoms with van der Waals surface area (Å²) in [5, 5.41) is 0. The molecule has 0 rings (SSSR count). The molecule has 0 aliphatic carbocycles. The minimum Gasteiger partial charge on any atom is -0.207 e. The van der Waals surface area contributed by atoms with Crippen LogP contribution >= 0.6 is 12.6 Å². The highest BCUT2D eigenvalue weighted by molar-refractivity contribution is 7.80. The van der Waals surface area contributed by atoms with Gasteiger partial charge in [-0.25, -0.2) is 8.78 Å². The molecule has 0 saturated carbocycles. The van der Waals surface area contributed by atoms with Crippen LogP contribution in [-0.2, 0) is 0 Å². The quantitative estimate of drug-likeness (QED) is 0.362. The van der Waals surface area contributed by atoms with Crippen LogP contribution < -0.4 is 0 Å². The lowest BCUT2D eigenvalue weighted by molar-refractivity contribution is -0.316. The lowest BCUT2D eigenvalue weighted by Gasteiger charge is -2.32. The molecule has 0 fully saturated rings. The van der Waals surface area contributed by atoms with Crippen molar-refractivity contribution < 1.29 is 35.1 Å². The van der Waals surface area contributed by atoms with Crippen molar-refractivity contribution >= 4 is 12.6 Å². The normalized spacial score (nSPS) is 14.8. The van der Waals surface area contributed by atoms with Gasteiger partial charge in [-0.1, -0.05) is 0 Å². The van der Waals surface area contributed by atoms with Crippen molar-refractivity contribution in [2.75, 3.05) is 5.75 Å². The van der Waals surface area contributed by atoms with Crippen LogP contribution in [0.2, 0.25) is 0 Å². The van der Waals surface area contributed by atoms with Crippen molar-refractivity contribution in [3.05, 3.63) is 0 Å². The first kappa shape index (κ1) is 18.8. The Labute approximate surface area is 111 Å². The lowest BCUT2D eigenvalue weighted by Crippen LogP contribution is -2.54. The van der Waals surface area contributed by atoms with Crippen LogP contribution in [0.25, 0.3) is 0 Å². The summed E-state index contributed by atoms with van der Waals surface area (Å²) in [5.74, 6) is -20.3. The Balaban J connectivity index is 4.84. The highest BCUT2D eigenvalue weighted by Gasteiger charge is 2.70. The number of thiol groups is 1. The van der Waals surface area contributed by atoms with Crippen molar-refractivity contribution in [1.82, 2.24) is 0 Å². The molecule has 0 aromatic heterocycles. The number of hydrogen-bond acceptors (Lipinski definition) is 1. The average molecular weight is 318 g/mol. The van der Waals surface area contributed by atoms with E-state index in [1.165, 1.54) is 0 Å². The number of alkyl halides is 8. The molecule has 0 atom stereocenters. The minimum absolute atomic E-state index is 0.185. The van der Waals surface area contributed by atoms with E-state index in [1.54, 1.807) is 0 Å². The van der Waals surface area contributed by atoms with Gasteiger partial charge >= 0.3 is 17.8 Å². The van der Waals surface area contributed by atoms with E-state index in [2.05, 4.69) is 12.6 Å². The molecule has 0 N–H and O–H groups in total. The van der Waals surface area contributed by atoms with Crippen LogP contribution in [-0.4, -0.2) is 29.4 Å². The van der Waals surface area contributed by atoms with E-state index in [1.807, 2.05) is 0 Å². The fraction of sp³-hybridized carbons (Fsp3) is 1.00. The second-order valence-corrected chi connectivity index (χ2v) is 4.83. The predicted molar refractivity (Wildman–Crippen MR) is 57.8 cm³/mol. The van der Waals surface area contributed by atoms with E-state index >= 15 is 0 Å². The zero-order chi connectivity index (χ0) is 15.5. The summed E-state index contributed by atoms with van der Waals surface area (Å²) in [6.45, 7) is -0.431. The van der Waals surface area contributed by atoms with Gasteiger partial charge in [-0.2, -0.15) is 39.0 Å². The van der Waals surface area contributed by atoms with Crippen molar-refractivity contribution in [2.45, 2.75) is 56.3 Å². The van der Waals surface area contributed by atoms with Gasteiger partial charge in [-0.3, -0.25) is 0 Å². The van der Waals surface area contributed by atoms with Crippen LogP contribution in [0, 0.1) is 0 Å². The molecule has 0 spiro atoms. The van der Waals surface area contributed by atoms with E-state index in [0.29, 0.717) is 0 Å². The van der Waals surface area contributed by atoms with E-state index in [-0.39, 0.29) is 18.6 Å².